The molecule has 0 amide bonds. The van der Waals surface area contributed by atoms with Gasteiger partial charge in [-0.05, 0) is 13.0 Å². The third-order valence-electron chi connectivity index (χ3n) is 4.00. The van der Waals surface area contributed by atoms with Gasteiger partial charge in [-0.25, -0.2) is 14.5 Å². The molecule has 1 N–H and O–H groups in total. The van der Waals surface area contributed by atoms with Crippen molar-refractivity contribution in [2.75, 3.05) is 12.4 Å². The summed E-state index contributed by atoms with van der Waals surface area (Å²) in [6.07, 6.45) is 5.63. The Morgan fingerprint density at radius 3 is 2.84 bits per heavy atom. The van der Waals surface area contributed by atoms with E-state index in [0.29, 0.717) is 0 Å². The van der Waals surface area contributed by atoms with Crippen molar-refractivity contribution < 1.29 is 4.74 Å². The van der Waals surface area contributed by atoms with Crippen LogP contribution in [-0.4, -0.2) is 31.3 Å². The smallest absolute Gasteiger partial charge is 0.214 e. The Morgan fingerprint density at radius 2 is 2.12 bits per heavy atom. The van der Waals surface area contributed by atoms with E-state index in [1.54, 1.807) is 17.8 Å². The monoisotopic (exact) mass is 354 g/mol. The summed E-state index contributed by atoms with van der Waals surface area (Å²) in [6, 6.07) is 7.75. The highest BCUT2D eigenvalue weighted by atomic mass is 32.1. The van der Waals surface area contributed by atoms with Crippen molar-refractivity contribution >= 4 is 21.4 Å². The number of imidazole rings is 2. The first-order valence-electron chi connectivity index (χ1n) is 7.85. The molecular formula is C17H18N6OS. The quantitative estimate of drug-likeness (QED) is 0.596. The van der Waals surface area contributed by atoms with Crippen LogP contribution in [-0.2, 0) is 7.05 Å². The molecule has 1 aromatic carbocycles. The van der Waals surface area contributed by atoms with Crippen molar-refractivity contribution in [1.29, 1.82) is 0 Å². The summed E-state index contributed by atoms with van der Waals surface area (Å²) in [5, 5.41) is 8.85. The zero-order valence-electron chi connectivity index (χ0n) is 14.2. The van der Waals surface area contributed by atoms with Crippen LogP contribution < -0.4 is 10.1 Å². The second-order valence-corrected chi connectivity index (χ2v) is 6.69. The molecular weight excluding hydrogens is 336 g/mol. The average Bonchev–Trinajstić information content (AvgIpc) is 3.27. The molecule has 0 aliphatic carbocycles. The van der Waals surface area contributed by atoms with Crippen LogP contribution in [0.15, 0.2) is 42.9 Å². The number of anilines is 1. The van der Waals surface area contributed by atoms with Crippen LogP contribution in [0.4, 0.5) is 5.13 Å². The molecule has 1 unspecified atom stereocenters. The van der Waals surface area contributed by atoms with Crippen molar-refractivity contribution in [2.45, 2.75) is 13.0 Å². The second kappa shape index (κ2) is 6.21. The SMILES string of the molecule is COc1ccccc1C(Nc1nn2cc(C)nc2s1)c1nccn1C. The summed E-state index contributed by atoms with van der Waals surface area (Å²) in [7, 11) is 3.65. The van der Waals surface area contributed by atoms with Crippen LogP contribution in [0.5, 0.6) is 5.75 Å². The summed E-state index contributed by atoms with van der Waals surface area (Å²) in [5.74, 6) is 1.69. The third kappa shape index (κ3) is 2.85. The Morgan fingerprint density at radius 1 is 1.28 bits per heavy atom. The number of ether oxygens (including phenoxy) is 1. The molecule has 0 aliphatic heterocycles. The molecule has 0 saturated carbocycles. The molecule has 0 saturated heterocycles. The number of nitrogens with zero attached hydrogens (tertiary/aromatic N) is 5. The van der Waals surface area contributed by atoms with Crippen LogP contribution in [0.1, 0.15) is 23.1 Å². The highest BCUT2D eigenvalue weighted by Crippen LogP contribution is 2.33. The highest BCUT2D eigenvalue weighted by Gasteiger charge is 2.23. The van der Waals surface area contributed by atoms with E-state index in [1.165, 1.54) is 11.3 Å². The number of para-hydroxylation sites is 1. The Hall–Kier alpha value is -2.87. The van der Waals surface area contributed by atoms with Crippen molar-refractivity contribution in [3.63, 3.8) is 0 Å². The maximum Gasteiger partial charge on any atom is 0.214 e. The summed E-state index contributed by atoms with van der Waals surface area (Å²) in [5.41, 5.74) is 1.96. The molecule has 4 aromatic rings. The highest BCUT2D eigenvalue weighted by molar-refractivity contribution is 7.20. The van der Waals surface area contributed by atoms with Crippen molar-refractivity contribution in [1.82, 2.24) is 24.1 Å². The van der Waals surface area contributed by atoms with Crippen LogP contribution in [0.2, 0.25) is 0 Å². The molecule has 128 valence electrons. The predicted molar refractivity (Wildman–Crippen MR) is 97.3 cm³/mol. The van der Waals surface area contributed by atoms with E-state index < -0.39 is 0 Å². The van der Waals surface area contributed by atoms with Crippen LogP contribution >= 0.6 is 11.3 Å². The molecule has 0 aliphatic rings. The number of benzene rings is 1. The Balaban J connectivity index is 1.77. The lowest BCUT2D eigenvalue weighted by Gasteiger charge is -2.20. The van der Waals surface area contributed by atoms with Gasteiger partial charge < -0.3 is 14.6 Å². The number of fused-ring (bicyclic) bond motifs is 1. The largest absolute Gasteiger partial charge is 0.496 e. The summed E-state index contributed by atoms with van der Waals surface area (Å²) < 4.78 is 9.33. The van der Waals surface area contributed by atoms with Gasteiger partial charge in [0.05, 0.1) is 19.0 Å². The van der Waals surface area contributed by atoms with E-state index >= 15 is 0 Å². The van der Waals surface area contributed by atoms with Crippen LogP contribution in [0.3, 0.4) is 0 Å². The van der Waals surface area contributed by atoms with Gasteiger partial charge in [-0.3, -0.25) is 0 Å². The van der Waals surface area contributed by atoms with E-state index in [1.807, 2.05) is 55.2 Å². The topological polar surface area (TPSA) is 69.3 Å². The molecule has 1 atom stereocenters. The van der Waals surface area contributed by atoms with Gasteiger partial charge in [0.1, 0.15) is 17.6 Å². The van der Waals surface area contributed by atoms with E-state index in [-0.39, 0.29) is 6.04 Å². The van der Waals surface area contributed by atoms with Crippen molar-refractivity contribution in [2.24, 2.45) is 7.05 Å². The second-order valence-electron chi connectivity index (χ2n) is 5.73. The number of rotatable bonds is 5. The third-order valence-corrected chi connectivity index (χ3v) is 4.85. The zero-order chi connectivity index (χ0) is 17.4. The number of hydrogen-bond acceptors (Lipinski definition) is 6. The van der Waals surface area contributed by atoms with Gasteiger partial charge in [-0.2, -0.15) is 0 Å². The molecule has 7 nitrogen and oxygen atoms in total. The fourth-order valence-electron chi connectivity index (χ4n) is 2.83. The maximum atomic E-state index is 5.55. The lowest BCUT2D eigenvalue weighted by Crippen LogP contribution is -2.17. The molecule has 4 rings (SSSR count). The maximum absolute atomic E-state index is 5.55. The minimum absolute atomic E-state index is 0.187. The number of hydrogen-bond donors (Lipinski definition) is 1. The van der Waals surface area contributed by atoms with Crippen molar-refractivity contribution in [3.8, 4) is 5.75 Å². The molecule has 3 aromatic heterocycles. The van der Waals surface area contributed by atoms with E-state index in [4.69, 9.17) is 4.74 Å². The first-order chi connectivity index (χ1) is 12.2. The van der Waals surface area contributed by atoms with E-state index in [2.05, 4.69) is 20.4 Å². The summed E-state index contributed by atoms with van der Waals surface area (Å²) >= 11 is 1.51. The van der Waals surface area contributed by atoms with Gasteiger partial charge in [-0.1, -0.05) is 29.5 Å². The fourth-order valence-corrected chi connectivity index (χ4v) is 3.69. The van der Waals surface area contributed by atoms with Crippen LogP contribution in [0.25, 0.3) is 4.96 Å². The number of aromatic nitrogens is 5. The van der Waals surface area contributed by atoms with Gasteiger partial charge >= 0.3 is 0 Å². The van der Waals surface area contributed by atoms with Crippen molar-refractivity contribution in [3.05, 3.63) is 59.9 Å². The van der Waals surface area contributed by atoms with Gasteiger partial charge in [0.2, 0.25) is 10.1 Å². The minimum atomic E-state index is -0.187. The molecule has 0 bridgehead atoms. The number of nitrogens with one attached hydrogen (secondary N) is 1. The van der Waals surface area contributed by atoms with Gasteiger partial charge in [0, 0.05) is 25.0 Å². The minimum Gasteiger partial charge on any atom is -0.496 e. The average molecular weight is 354 g/mol. The molecule has 0 radical (unpaired) electrons. The molecule has 0 spiro atoms. The normalized spacial score (nSPS) is 12.4. The van der Waals surface area contributed by atoms with Gasteiger partial charge in [-0.15, -0.1) is 5.10 Å². The Bertz CT molecular complexity index is 986. The Kier molecular flexibility index (Phi) is 3.89. The first-order valence-corrected chi connectivity index (χ1v) is 8.67. The first kappa shape index (κ1) is 15.6. The van der Waals surface area contributed by atoms with Gasteiger partial charge in [0.25, 0.3) is 0 Å². The van der Waals surface area contributed by atoms with E-state index in [9.17, 15) is 0 Å². The zero-order valence-corrected chi connectivity index (χ0v) is 15.0. The number of aryl methyl sites for hydroxylation is 2. The molecule has 0 fully saturated rings. The lowest BCUT2D eigenvalue weighted by molar-refractivity contribution is 0.408. The fraction of sp³-hybridized carbons (Fsp3) is 0.235. The van der Waals surface area contributed by atoms with E-state index in [0.717, 1.165) is 32.9 Å². The van der Waals surface area contributed by atoms with Gasteiger partial charge in [0.15, 0.2) is 0 Å². The number of methoxy groups -OCH3 is 1. The standard InChI is InChI=1S/C17H18N6OS/c1-11-10-23-17(19-11)25-16(21-23)20-14(15-18-8-9-22(15)2)12-6-4-5-7-13(12)24-3/h4-10,14H,1-3H3,(H,20,21). The predicted octanol–water partition coefficient (Wildman–Crippen LogP) is 3.04. The Labute approximate surface area is 148 Å². The summed E-state index contributed by atoms with van der Waals surface area (Å²) in [6.45, 7) is 1.96. The van der Waals surface area contributed by atoms with Crippen LogP contribution in [0, 0.1) is 6.92 Å². The lowest BCUT2D eigenvalue weighted by atomic mass is 10.1. The molecule has 8 heteroatoms. The summed E-state index contributed by atoms with van der Waals surface area (Å²) in [4.78, 5) is 9.84. The molecule has 3 heterocycles. The molecule has 25 heavy (non-hydrogen) atoms.